The molecule has 84 valence electrons. The first-order valence-corrected chi connectivity index (χ1v) is 4.93. The third-order valence-corrected chi connectivity index (χ3v) is 1.63. The second-order valence-corrected chi connectivity index (χ2v) is 4.64. The predicted octanol–water partition coefficient (Wildman–Crippen LogP) is 1.32. The van der Waals surface area contributed by atoms with Gasteiger partial charge in [-0.05, 0) is 26.7 Å². The van der Waals surface area contributed by atoms with Gasteiger partial charge in [-0.15, -0.1) is 0 Å². The second-order valence-electron chi connectivity index (χ2n) is 4.64. The highest BCUT2D eigenvalue weighted by atomic mass is 16.5. The smallest absolute Gasteiger partial charge is 0.111 e. The normalized spacial score (nSPS) is 15.4. The van der Waals surface area contributed by atoms with Gasteiger partial charge in [0.15, 0.2) is 0 Å². The number of amidine groups is 1. The molecule has 1 unspecified atom stereocenters. The number of hydrazine groups is 1. The summed E-state index contributed by atoms with van der Waals surface area (Å²) in [6.07, 6.45) is 0.821. The molecule has 4 nitrogen and oxygen atoms in total. The van der Waals surface area contributed by atoms with Crippen LogP contribution in [-0.4, -0.2) is 25.1 Å². The number of methoxy groups -OCH3 is 1. The summed E-state index contributed by atoms with van der Waals surface area (Å²) in [5.74, 6) is 6.67. The Morgan fingerprint density at radius 2 is 2.07 bits per heavy atom. The van der Waals surface area contributed by atoms with E-state index in [2.05, 4.69) is 17.3 Å². The van der Waals surface area contributed by atoms with Crippen molar-refractivity contribution in [3.05, 3.63) is 0 Å². The van der Waals surface area contributed by atoms with E-state index < -0.39 is 0 Å². The molecule has 0 aliphatic carbocycles. The first-order chi connectivity index (χ1) is 6.39. The average Bonchev–Trinajstić information content (AvgIpc) is 2.01. The lowest BCUT2D eigenvalue weighted by molar-refractivity contribution is 0.162. The van der Waals surface area contributed by atoms with Gasteiger partial charge in [-0.3, -0.25) is 4.99 Å². The fourth-order valence-corrected chi connectivity index (χ4v) is 1.22. The molecule has 0 radical (unpaired) electrons. The van der Waals surface area contributed by atoms with Crippen molar-refractivity contribution in [2.75, 3.05) is 13.7 Å². The summed E-state index contributed by atoms with van der Waals surface area (Å²) in [5, 5.41) is 0. The van der Waals surface area contributed by atoms with E-state index in [1.54, 1.807) is 7.11 Å². The van der Waals surface area contributed by atoms with Crippen LogP contribution in [0.5, 0.6) is 0 Å². The van der Waals surface area contributed by atoms with Crippen molar-refractivity contribution in [3.63, 3.8) is 0 Å². The molecule has 0 rings (SSSR count). The van der Waals surface area contributed by atoms with Gasteiger partial charge < -0.3 is 10.2 Å². The summed E-state index contributed by atoms with van der Waals surface area (Å²) < 4.78 is 5.06. The van der Waals surface area contributed by atoms with Crippen LogP contribution in [0.25, 0.3) is 0 Å². The number of nitrogens with zero attached hydrogens (tertiary/aromatic N) is 1. The zero-order valence-electron chi connectivity index (χ0n) is 9.92. The molecule has 3 N–H and O–H groups in total. The predicted molar refractivity (Wildman–Crippen MR) is 60.2 cm³/mol. The van der Waals surface area contributed by atoms with Gasteiger partial charge in [-0.25, -0.2) is 5.84 Å². The summed E-state index contributed by atoms with van der Waals surface area (Å²) in [7, 11) is 1.70. The highest BCUT2D eigenvalue weighted by Crippen LogP contribution is 2.09. The molecule has 0 heterocycles. The molecule has 0 spiro atoms. The topological polar surface area (TPSA) is 59.6 Å². The lowest BCUT2D eigenvalue weighted by Gasteiger charge is -2.18. The summed E-state index contributed by atoms with van der Waals surface area (Å²) >= 11 is 0. The molecular weight excluding hydrogens is 178 g/mol. The zero-order valence-corrected chi connectivity index (χ0v) is 9.92. The van der Waals surface area contributed by atoms with Crippen molar-refractivity contribution in [3.8, 4) is 0 Å². The third-order valence-electron chi connectivity index (χ3n) is 1.63. The molecule has 0 saturated carbocycles. The largest absolute Gasteiger partial charge is 0.384 e. The maximum absolute atomic E-state index is 5.40. The van der Waals surface area contributed by atoms with Crippen LogP contribution in [0.2, 0.25) is 0 Å². The SMILES string of the molecule is COCC(C)CC(=NC(C)(C)C)NN. The molecule has 0 amide bonds. The third kappa shape index (κ3) is 6.86. The van der Waals surface area contributed by atoms with Crippen LogP contribution in [0.3, 0.4) is 0 Å². The number of nitrogens with two attached hydrogens (primary N) is 1. The van der Waals surface area contributed by atoms with Crippen molar-refractivity contribution in [1.82, 2.24) is 5.43 Å². The molecule has 0 saturated heterocycles. The fourth-order valence-electron chi connectivity index (χ4n) is 1.22. The van der Waals surface area contributed by atoms with Crippen molar-refractivity contribution >= 4 is 5.84 Å². The Bertz CT molecular complexity index is 184. The van der Waals surface area contributed by atoms with Gasteiger partial charge in [0.05, 0.1) is 5.54 Å². The van der Waals surface area contributed by atoms with E-state index in [0.29, 0.717) is 5.92 Å². The molecule has 0 aromatic heterocycles. The summed E-state index contributed by atoms with van der Waals surface area (Å²) in [6, 6.07) is 0. The number of nitrogens with one attached hydrogen (secondary N) is 1. The Balaban J connectivity index is 4.22. The minimum Gasteiger partial charge on any atom is -0.384 e. The van der Waals surface area contributed by atoms with Gasteiger partial charge in [0, 0.05) is 20.1 Å². The summed E-state index contributed by atoms with van der Waals surface area (Å²) in [4.78, 5) is 4.47. The average molecular weight is 201 g/mol. The van der Waals surface area contributed by atoms with E-state index in [4.69, 9.17) is 10.6 Å². The Labute approximate surface area is 86.9 Å². The van der Waals surface area contributed by atoms with E-state index in [-0.39, 0.29) is 5.54 Å². The molecule has 0 fully saturated rings. The standard InChI is InChI=1S/C10H23N3O/c1-8(7-14-5)6-9(13-11)12-10(2,3)4/h8H,6-7,11H2,1-5H3,(H,12,13). The Morgan fingerprint density at radius 3 is 2.43 bits per heavy atom. The first-order valence-electron chi connectivity index (χ1n) is 4.93. The number of hydrogen-bond donors (Lipinski definition) is 2. The van der Waals surface area contributed by atoms with Crippen molar-refractivity contribution in [2.45, 2.75) is 39.7 Å². The second kappa shape index (κ2) is 5.98. The zero-order chi connectivity index (χ0) is 11.2. The van der Waals surface area contributed by atoms with E-state index in [1.807, 2.05) is 20.8 Å². The van der Waals surface area contributed by atoms with Crippen LogP contribution < -0.4 is 11.3 Å². The minimum atomic E-state index is -0.0888. The van der Waals surface area contributed by atoms with Crippen molar-refractivity contribution in [2.24, 2.45) is 16.8 Å². The van der Waals surface area contributed by atoms with Crippen LogP contribution >= 0.6 is 0 Å². The van der Waals surface area contributed by atoms with E-state index >= 15 is 0 Å². The maximum atomic E-state index is 5.40. The number of ether oxygens (including phenoxy) is 1. The number of rotatable bonds is 4. The van der Waals surface area contributed by atoms with Gasteiger partial charge in [-0.1, -0.05) is 6.92 Å². The molecule has 0 aliphatic rings. The molecule has 0 aromatic rings. The van der Waals surface area contributed by atoms with E-state index in [1.165, 1.54) is 0 Å². The Hall–Kier alpha value is -0.610. The quantitative estimate of drug-likeness (QED) is 0.312. The highest BCUT2D eigenvalue weighted by Gasteiger charge is 2.11. The van der Waals surface area contributed by atoms with E-state index in [0.717, 1.165) is 18.9 Å². The number of hydrogen-bond acceptors (Lipinski definition) is 3. The molecule has 0 bridgehead atoms. The molecule has 0 aromatic carbocycles. The fraction of sp³-hybridized carbons (Fsp3) is 0.900. The Kier molecular flexibility index (Phi) is 5.72. The monoisotopic (exact) mass is 201 g/mol. The summed E-state index contributed by atoms with van der Waals surface area (Å²) in [6.45, 7) is 8.98. The number of aliphatic imine (C=N–C) groups is 1. The van der Waals surface area contributed by atoms with Gasteiger partial charge in [0.2, 0.25) is 0 Å². The van der Waals surface area contributed by atoms with Gasteiger partial charge in [-0.2, -0.15) is 0 Å². The molecular formula is C10H23N3O. The highest BCUT2D eigenvalue weighted by molar-refractivity contribution is 5.82. The summed E-state index contributed by atoms with van der Waals surface area (Å²) in [5.41, 5.74) is 2.55. The maximum Gasteiger partial charge on any atom is 0.111 e. The Morgan fingerprint density at radius 1 is 1.50 bits per heavy atom. The van der Waals surface area contributed by atoms with Crippen molar-refractivity contribution < 1.29 is 4.74 Å². The van der Waals surface area contributed by atoms with Crippen LogP contribution in [0.15, 0.2) is 4.99 Å². The van der Waals surface area contributed by atoms with Crippen LogP contribution in [0.4, 0.5) is 0 Å². The van der Waals surface area contributed by atoms with Crippen LogP contribution in [0, 0.1) is 5.92 Å². The van der Waals surface area contributed by atoms with Gasteiger partial charge >= 0.3 is 0 Å². The molecule has 0 aliphatic heterocycles. The first kappa shape index (κ1) is 13.4. The van der Waals surface area contributed by atoms with E-state index in [9.17, 15) is 0 Å². The van der Waals surface area contributed by atoms with Gasteiger partial charge in [0.25, 0.3) is 0 Å². The minimum absolute atomic E-state index is 0.0888. The molecule has 14 heavy (non-hydrogen) atoms. The molecule has 4 heteroatoms. The lowest BCUT2D eigenvalue weighted by atomic mass is 10.1. The van der Waals surface area contributed by atoms with Gasteiger partial charge in [0.1, 0.15) is 5.84 Å². The van der Waals surface area contributed by atoms with Crippen LogP contribution in [-0.2, 0) is 4.74 Å². The lowest BCUT2D eigenvalue weighted by Crippen LogP contribution is -2.34. The molecule has 1 atom stereocenters. The van der Waals surface area contributed by atoms with Crippen LogP contribution in [0.1, 0.15) is 34.1 Å². The van der Waals surface area contributed by atoms with Crippen molar-refractivity contribution in [1.29, 1.82) is 0 Å².